The minimum absolute atomic E-state index is 0.154. The number of hydrogen-bond donors (Lipinski definition) is 1. The maximum absolute atomic E-state index is 12.7. The van der Waals surface area contributed by atoms with Gasteiger partial charge in [0.25, 0.3) is 5.91 Å². The van der Waals surface area contributed by atoms with Gasteiger partial charge in [0.15, 0.2) is 0 Å². The second-order valence-corrected chi connectivity index (χ2v) is 5.23. The van der Waals surface area contributed by atoms with Gasteiger partial charge in [-0.2, -0.15) is 5.10 Å². The largest absolute Gasteiger partial charge is 0.480 e. The highest BCUT2D eigenvalue weighted by Gasteiger charge is 2.31. The van der Waals surface area contributed by atoms with Gasteiger partial charge in [-0.1, -0.05) is 11.6 Å². The Morgan fingerprint density at radius 3 is 2.76 bits per heavy atom. The van der Waals surface area contributed by atoms with Gasteiger partial charge in [-0.15, -0.1) is 0 Å². The molecule has 0 saturated carbocycles. The molecular weight excluding hydrogens is 298 g/mol. The summed E-state index contributed by atoms with van der Waals surface area (Å²) in [4.78, 5) is 25.2. The molecule has 1 aromatic heterocycles. The van der Waals surface area contributed by atoms with E-state index in [4.69, 9.17) is 21.4 Å². The predicted molar refractivity (Wildman–Crippen MR) is 75.4 cm³/mol. The van der Waals surface area contributed by atoms with Crippen LogP contribution in [-0.2, 0) is 16.1 Å². The lowest BCUT2D eigenvalue weighted by Gasteiger charge is -2.33. The average molecular weight is 316 g/mol. The first kappa shape index (κ1) is 15.8. The van der Waals surface area contributed by atoms with Crippen molar-refractivity contribution in [2.24, 2.45) is 0 Å². The molecule has 21 heavy (non-hydrogen) atoms. The van der Waals surface area contributed by atoms with E-state index in [0.29, 0.717) is 32.6 Å². The third-order valence-corrected chi connectivity index (χ3v) is 3.77. The number of rotatable bonds is 5. The number of carbonyl (C=O) groups is 2. The van der Waals surface area contributed by atoms with Gasteiger partial charge in [0, 0.05) is 25.8 Å². The minimum atomic E-state index is -1.05. The van der Waals surface area contributed by atoms with E-state index in [9.17, 15) is 9.59 Å². The summed E-state index contributed by atoms with van der Waals surface area (Å²) in [5.41, 5.74) is 0.243. The van der Waals surface area contributed by atoms with Crippen molar-refractivity contribution in [2.75, 3.05) is 19.8 Å². The Balaban J connectivity index is 2.28. The Labute approximate surface area is 127 Å². The first-order valence-corrected chi connectivity index (χ1v) is 7.24. The predicted octanol–water partition coefficient (Wildman–Crippen LogP) is 1.26. The van der Waals surface area contributed by atoms with E-state index in [-0.39, 0.29) is 23.3 Å². The molecular formula is C13H18ClN3O4. The topological polar surface area (TPSA) is 84.7 Å². The molecule has 0 spiro atoms. The van der Waals surface area contributed by atoms with Crippen molar-refractivity contribution in [1.29, 1.82) is 0 Å². The maximum Gasteiger partial charge on any atom is 0.323 e. The molecule has 0 unspecified atom stereocenters. The SMILES string of the molecule is CCn1ncc(Cl)c1C(=O)N(CC(=O)O)C1CCOCC1. The molecule has 0 aromatic carbocycles. The molecule has 1 aliphatic rings. The van der Waals surface area contributed by atoms with Crippen molar-refractivity contribution in [3.05, 3.63) is 16.9 Å². The standard InChI is InChI=1S/C13H18ClN3O4/c1-2-17-12(10(14)7-15-17)13(20)16(8-11(18)19)9-3-5-21-6-4-9/h7,9H,2-6,8H2,1H3,(H,18,19). The molecule has 0 radical (unpaired) electrons. The van der Waals surface area contributed by atoms with Crippen LogP contribution in [0.25, 0.3) is 0 Å². The number of hydrogen-bond acceptors (Lipinski definition) is 4. The highest BCUT2D eigenvalue weighted by molar-refractivity contribution is 6.33. The van der Waals surface area contributed by atoms with E-state index < -0.39 is 11.9 Å². The van der Waals surface area contributed by atoms with Crippen LogP contribution in [0, 0.1) is 0 Å². The smallest absolute Gasteiger partial charge is 0.323 e. The quantitative estimate of drug-likeness (QED) is 0.884. The number of aliphatic carboxylic acids is 1. The summed E-state index contributed by atoms with van der Waals surface area (Å²) in [6.07, 6.45) is 2.65. The summed E-state index contributed by atoms with van der Waals surface area (Å²) in [7, 11) is 0. The van der Waals surface area contributed by atoms with E-state index >= 15 is 0 Å². The second-order valence-electron chi connectivity index (χ2n) is 4.83. The molecule has 7 nitrogen and oxygen atoms in total. The molecule has 1 amide bonds. The van der Waals surface area contributed by atoms with Gasteiger partial charge < -0.3 is 14.7 Å². The number of carboxylic acids is 1. The van der Waals surface area contributed by atoms with Gasteiger partial charge in [-0.25, -0.2) is 0 Å². The molecule has 2 heterocycles. The molecule has 1 aromatic rings. The van der Waals surface area contributed by atoms with Gasteiger partial charge in [0.2, 0.25) is 0 Å². The summed E-state index contributed by atoms with van der Waals surface area (Å²) in [6.45, 7) is 3.02. The van der Waals surface area contributed by atoms with E-state index in [2.05, 4.69) is 5.10 Å². The van der Waals surface area contributed by atoms with E-state index in [1.807, 2.05) is 6.92 Å². The van der Waals surface area contributed by atoms with Crippen LogP contribution in [-0.4, -0.2) is 57.5 Å². The van der Waals surface area contributed by atoms with Crippen LogP contribution in [0.4, 0.5) is 0 Å². The highest BCUT2D eigenvalue weighted by atomic mass is 35.5. The van der Waals surface area contributed by atoms with Gasteiger partial charge in [0.1, 0.15) is 12.2 Å². The second kappa shape index (κ2) is 6.91. The molecule has 1 saturated heterocycles. The van der Waals surface area contributed by atoms with E-state index in [0.717, 1.165) is 0 Å². The van der Waals surface area contributed by atoms with Crippen LogP contribution in [0.15, 0.2) is 6.20 Å². The van der Waals surface area contributed by atoms with E-state index in [1.165, 1.54) is 15.8 Å². The van der Waals surface area contributed by atoms with Gasteiger partial charge >= 0.3 is 5.97 Å². The van der Waals surface area contributed by atoms with Gasteiger partial charge in [-0.3, -0.25) is 14.3 Å². The summed E-state index contributed by atoms with van der Waals surface area (Å²) < 4.78 is 6.75. The molecule has 1 aliphatic heterocycles. The molecule has 8 heteroatoms. The van der Waals surface area contributed by atoms with Crippen LogP contribution < -0.4 is 0 Å². The number of carbonyl (C=O) groups excluding carboxylic acids is 1. The number of nitrogens with zero attached hydrogens (tertiary/aromatic N) is 3. The summed E-state index contributed by atoms with van der Waals surface area (Å²) >= 11 is 6.04. The number of amides is 1. The van der Waals surface area contributed by atoms with Crippen molar-refractivity contribution >= 4 is 23.5 Å². The molecule has 1 fully saturated rings. The Bertz CT molecular complexity index is 525. The third-order valence-electron chi connectivity index (χ3n) is 3.49. The lowest BCUT2D eigenvalue weighted by molar-refractivity contribution is -0.138. The highest BCUT2D eigenvalue weighted by Crippen LogP contribution is 2.22. The normalized spacial score (nSPS) is 15.9. The van der Waals surface area contributed by atoms with Crippen LogP contribution in [0.2, 0.25) is 5.02 Å². The minimum Gasteiger partial charge on any atom is -0.480 e. The molecule has 0 atom stereocenters. The Hall–Kier alpha value is -1.60. The average Bonchev–Trinajstić information content (AvgIpc) is 2.85. The van der Waals surface area contributed by atoms with Gasteiger partial charge in [0.05, 0.1) is 11.2 Å². The van der Waals surface area contributed by atoms with E-state index in [1.54, 1.807) is 0 Å². The Morgan fingerprint density at radius 1 is 1.52 bits per heavy atom. The number of aromatic nitrogens is 2. The lowest BCUT2D eigenvalue weighted by Crippen LogP contribution is -2.46. The fourth-order valence-electron chi connectivity index (χ4n) is 2.46. The fourth-order valence-corrected chi connectivity index (χ4v) is 2.68. The van der Waals surface area contributed by atoms with Crippen LogP contribution >= 0.6 is 11.6 Å². The Morgan fingerprint density at radius 2 is 2.19 bits per heavy atom. The monoisotopic (exact) mass is 315 g/mol. The zero-order valence-corrected chi connectivity index (χ0v) is 12.5. The summed E-state index contributed by atoms with van der Waals surface area (Å²) in [5, 5.41) is 13.3. The fraction of sp³-hybridized carbons (Fsp3) is 0.615. The zero-order chi connectivity index (χ0) is 15.4. The summed E-state index contributed by atoms with van der Waals surface area (Å²) in [6, 6.07) is -0.154. The van der Waals surface area contributed by atoms with Crippen molar-refractivity contribution in [3.63, 3.8) is 0 Å². The number of ether oxygens (including phenoxy) is 1. The molecule has 0 bridgehead atoms. The van der Waals surface area contributed by atoms with Crippen LogP contribution in [0.1, 0.15) is 30.3 Å². The molecule has 116 valence electrons. The van der Waals surface area contributed by atoms with Crippen LogP contribution in [0.5, 0.6) is 0 Å². The molecule has 2 rings (SSSR count). The first-order valence-electron chi connectivity index (χ1n) is 6.86. The number of carboxylic acid groups (broad SMARTS) is 1. The third kappa shape index (κ3) is 3.54. The first-order chi connectivity index (χ1) is 10.0. The lowest BCUT2D eigenvalue weighted by atomic mass is 10.1. The zero-order valence-electron chi connectivity index (χ0n) is 11.8. The number of halogens is 1. The molecule has 0 aliphatic carbocycles. The van der Waals surface area contributed by atoms with Crippen molar-refractivity contribution in [3.8, 4) is 0 Å². The number of aryl methyl sites for hydroxylation is 1. The molecule has 1 N–H and O–H groups in total. The van der Waals surface area contributed by atoms with Crippen LogP contribution in [0.3, 0.4) is 0 Å². The van der Waals surface area contributed by atoms with Crippen molar-refractivity contribution < 1.29 is 19.4 Å². The Kier molecular flexibility index (Phi) is 5.19. The van der Waals surface area contributed by atoms with Crippen molar-refractivity contribution in [2.45, 2.75) is 32.4 Å². The van der Waals surface area contributed by atoms with Gasteiger partial charge in [-0.05, 0) is 19.8 Å². The maximum atomic E-state index is 12.7. The summed E-state index contributed by atoms with van der Waals surface area (Å²) in [5.74, 6) is -1.44. The van der Waals surface area contributed by atoms with Crippen molar-refractivity contribution in [1.82, 2.24) is 14.7 Å².